The molecule has 2 nitrogen and oxygen atoms in total. The van der Waals surface area contributed by atoms with E-state index in [1.165, 1.54) is 25.7 Å². The zero-order valence-corrected chi connectivity index (χ0v) is 7.68. The highest BCUT2D eigenvalue weighted by Crippen LogP contribution is 2.17. The Balaban J connectivity index is 3.20. The van der Waals surface area contributed by atoms with Crippen molar-refractivity contribution in [1.82, 2.24) is 0 Å². The number of hydrogen-bond donors (Lipinski definition) is 1. The maximum absolute atomic E-state index is 4.95. The highest BCUT2D eigenvalue weighted by molar-refractivity contribution is 6.29. The van der Waals surface area contributed by atoms with E-state index in [0.717, 1.165) is 6.42 Å². The molecule has 1 radical (unpaired) electrons. The van der Waals surface area contributed by atoms with E-state index in [0.29, 0.717) is 5.82 Å². The van der Waals surface area contributed by atoms with Crippen LogP contribution in [0.25, 0.3) is 0 Å². The van der Waals surface area contributed by atoms with Crippen molar-refractivity contribution in [2.75, 3.05) is 0 Å². The van der Waals surface area contributed by atoms with Crippen molar-refractivity contribution in [3.63, 3.8) is 0 Å². The minimum atomic E-state index is 0.548. The average molecular weight is 156 g/mol. The van der Waals surface area contributed by atoms with Gasteiger partial charge in [-0.15, -0.1) is 0 Å². The topological polar surface area (TPSA) is 35.2 Å². The summed E-state index contributed by atoms with van der Waals surface area (Å²) in [4.78, 5) is 0. The Kier molecular flexibility index (Phi) is 8.07. The Morgan fingerprint density at radius 3 is 2.55 bits per heavy atom. The molecule has 0 aliphatic carbocycles. The Hall–Kier alpha value is -0.0151. The summed E-state index contributed by atoms with van der Waals surface area (Å²) in [6.45, 7) is 4.37. The van der Waals surface area contributed by atoms with E-state index >= 15 is 0 Å². The first-order valence-corrected chi connectivity index (χ1v) is 4.54. The molecule has 0 aromatic rings. The summed E-state index contributed by atoms with van der Waals surface area (Å²) in [5.41, 5.74) is 0. The largest absolute Gasteiger partial charge is 0.372 e. The van der Waals surface area contributed by atoms with Gasteiger partial charge in [0.15, 0.2) is 0 Å². The van der Waals surface area contributed by atoms with Gasteiger partial charge >= 0.3 is 7.48 Å². The second kappa shape index (κ2) is 8.09. The molecule has 0 aromatic carbocycles. The molecule has 0 fully saturated rings. The first-order chi connectivity index (χ1) is 5.35. The van der Waals surface area contributed by atoms with Gasteiger partial charge in [-0.05, 0) is 5.82 Å². The standard InChI is InChI=1S/C8H19BNO/c1-3-5-6-7-8(4-2)9-11-10/h8H,3-7,10H2,1-2H3. The molecule has 11 heavy (non-hydrogen) atoms. The van der Waals surface area contributed by atoms with Crippen LogP contribution in [0.4, 0.5) is 0 Å². The van der Waals surface area contributed by atoms with Crippen molar-refractivity contribution in [3.05, 3.63) is 0 Å². The molecule has 1 atom stereocenters. The molecular weight excluding hydrogens is 137 g/mol. The van der Waals surface area contributed by atoms with Crippen LogP contribution in [0.15, 0.2) is 0 Å². The highest BCUT2D eigenvalue weighted by Gasteiger charge is 2.07. The van der Waals surface area contributed by atoms with Crippen LogP contribution in [0.3, 0.4) is 0 Å². The lowest BCUT2D eigenvalue weighted by atomic mass is 9.75. The number of nitrogens with two attached hydrogens (primary N) is 1. The molecular formula is C8H19BNO. The maximum Gasteiger partial charge on any atom is 0.327 e. The predicted octanol–water partition coefficient (Wildman–Crippen LogP) is 2.27. The van der Waals surface area contributed by atoms with Crippen LogP contribution in [-0.4, -0.2) is 7.48 Å². The Labute approximate surface area is 70.7 Å². The first-order valence-electron chi connectivity index (χ1n) is 4.54. The second-order valence-corrected chi connectivity index (χ2v) is 2.94. The Morgan fingerprint density at radius 1 is 1.36 bits per heavy atom. The van der Waals surface area contributed by atoms with Gasteiger partial charge in [0.2, 0.25) is 0 Å². The third-order valence-electron chi connectivity index (χ3n) is 1.97. The molecule has 0 saturated heterocycles. The summed E-state index contributed by atoms with van der Waals surface area (Å²) in [7, 11) is 1.75. The SMILES string of the molecule is CCCCCC([B]ON)CC. The maximum atomic E-state index is 4.95. The minimum absolute atomic E-state index is 0.548. The summed E-state index contributed by atoms with van der Waals surface area (Å²) in [6, 6.07) is 0. The molecule has 0 bridgehead atoms. The normalized spacial score (nSPS) is 13.0. The Bertz CT molecular complexity index is 80.5. The summed E-state index contributed by atoms with van der Waals surface area (Å²) in [5.74, 6) is 5.50. The van der Waals surface area contributed by atoms with Crippen LogP contribution >= 0.6 is 0 Å². The first kappa shape index (κ1) is 11.0. The monoisotopic (exact) mass is 156 g/mol. The molecule has 0 aromatic heterocycles. The van der Waals surface area contributed by atoms with Crippen LogP contribution in [0, 0.1) is 0 Å². The highest BCUT2D eigenvalue weighted by atomic mass is 16.6. The van der Waals surface area contributed by atoms with E-state index in [1.807, 2.05) is 0 Å². The van der Waals surface area contributed by atoms with Gasteiger partial charge < -0.3 is 4.76 Å². The second-order valence-electron chi connectivity index (χ2n) is 2.94. The zero-order chi connectivity index (χ0) is 8.53. The van der Waals surface area contributed by atoms with Gasteiger partial charge in [-0.3, -0.25) is 0 Å². The van der Waals surface area contributed by atoms with E-state index in [2.05, 4.69) is 18.6 Å². The van der Waals surface area contributed by atoms with Crippen LogP contribution in [-0.2, 0) is 4.76 Å². The molecule has 65 valence electrons. The fourth-order valence-electron chi connectivity index (χ4n) is 1.14. The Morgan fingerprint density at radius 2 is 2.09 bits per heavy atom. The summed E-state index contributed by atoms with van der Waals surface area (Å²) < 4.78 is 4.50. The van der Waals surface area contributed by atoms with Crippen molar-refractivity contribution in [3.8, 4) is 0 Å². The van der Waals surface area contributed by atoms with Crippen LogP contribution < -0.4 is 5.90 Å². The molecule has 3 heteroatoms. The van der Waals surface area contributed by atoms with E-state index < -0.39 is 0 Å². The third-order valence-corrected chi connectivity index (χ3v) is 1.97. The fourth-order valence-corrected chi connectivity index (χ4v) is 1.14. The fraction of sp³-hybridized carbons (Fsp3) is 1.00. The number of unbranched alkanes of at least 4 members (excludes halogenated alkanes) is 2. The van der Waals surface area contributed by atoms with Gasteiger partial charge in [0.1, 0.15) is 0 Å². The molecule has 0 rings (SSSR count). The quantitative estimate of drug-likeness (QED) is 0.348. The van der Waals surface area contributed by atoms with E-state index in [-0.39, 0.29) is 0 Å². The molecule has 0 aliphatic rings. The van der Waals surface area contributed by atoms with Crippen molar-refractivity contribution < 1.29 is 4.76 Å². The lowest BCUT2D eigenvalue weighted by Gasteiger charge is -2.09. The lowest BCUT2D eigenvalue weighted by Crippen LogP contribution is -2.11. The van der Waals surface area contributed by atoms with Gasteiger partial charge in [0.25, 0.3) is 0 Å². The van der Waals surface area contributed by atoms with Gasteiger partial charge in [0.05, 0.1) is 0 Å². The molecule has 0 spiro atoms. The van der Waals surface area contributed by atoms with Gasteiger partial charge in [-0.1, -0.05) is 46.0 Å². The molecule has 2 N–H and O–H groups in total. The number of hydrogen-bond acceptors (Lipinski definition) is 2. The van der Waals surface area contributed by atoms with Crippen LogP contribution in [0.5, 0.6) is 0 Å². The van der Waals surface area contributed by atoms with Crippen LogP contribution in [0.1, 0.15) is 46.0 Å². The van der Waals surface area contributed by atoms with Crippen molar-refractivity contribution in [1.29, 1.82) is 0 Å². The molecule has 0 heterocycles. The zero-order valence-electron chi connectivity index (χ0n) is 7.68. The van der Waals surface area contributed by atoms with Crippen LogP contribution in [0.2, 0.25) is 5.82 Å². The van der Waals surface area contributed by atoms with Crippen molar-refractivity contribution in [2.45, 2.75) is 51.8 Å². The summed E-state index contributed by atoms with van der Waals surface area (Å²) in [6.07, 6.45) is 6.21. The molecule has 0 amide bonds. The van der Waals surface area contributed by atoms with Gasteiger partial charge in [-0.2, -0.15) is 0 Å². The van der Waals surface area contributed by atoms with Gasteiger partial charge in [0, 0.05) is 0 Å². The van der Waals surface area contributed by atoms with Crippen molar-refractivity contribution in [2.24, 2.45) is 5.90 Å². The molecule has 0 saturated carbocycles. The molecule has 0 aliphatic heterocycles. The molecule has 1 unspecified atom stereocenters. The smallest absolute Gasteiger partial charge is 0.327 e. The van der Waals surface area contributed by atoms with E-state index in [4.69, 9.17) is 5.90 Å². The number of rotatable bonds is 7. The predicted molar refractivity (Wildman–Crippen MR) is 49.2 cm³/mol. The van der Waals surface area contributed by atoms with E-state index in [1.54, 1.807) is 7.48 Å². The lowest BCUT2D eigenvalue weighted by molar-refractivity contribution is 0.342. The minimum Gasteiger partial charge on any atom is -0.372 e. The summed E-state index contributed by atoms with van der Waals surface area (Å²) in [5, 5.41) is 0. The van der Waals surface area contributed by atoms with Gasteiger partial charge in [-0.25, -0.2) is 5.90 Å². The summed E-state index contributed by atoms with van der Waals surface area (Å²) >= 11 is 0. The van der Waals surface area contributed by atoms with Crippen molar-refractivity contribution >= 4 is 7.48 Å². The third kappa shape index (κ3) is 6.39. The van der Waals surface area contributed by atoms with E-state index in [9.17, 15) is 0 Å². The average Bonchev–Trinajstić information content (AvgIpc) is 2.03.